The third kappa shape index (κ3) is 4.15. The van der Waals surface area contributed by atoms with Gasteiger partial charge in [-0.25, -0.2) is 4.79 Å². The van der Waals surface area contributed by atoms with E-state index >= 15 is 0 Å². The van der Waals surface area contributed by atoms with Gasteiger partial charge in [-0.2, -0.15) is 5.26 Å². The van der Waals surface area contributed by atoms with Gasteiger partial charge in [-0.1, -0.05) is 11.6 Å². The predicted molar refractivity (Wildman–Crippen MR) is 63.1 cm³/mol. The van der Waals surface area contributed by atoms with Gasteiger partial charge in [0.2, 0.25) is 0 Å². The second-order valence-electron chi connectivity index (χ2n) is 3.77. The Morgan fingerprint density at radius 3 is 2.88 bits per heavy atom. The number of ether oxygens (including phenoxy) is 1. The molecule has 4 nitrogen and oxygen atoms in total. The Balaban J connectivity index is 2.59. The smallest absolute Gasteiger partial charge is 0.339 e. The topological polar surface area (TPSA) is 70.3 Å². The number of benzene rings is 1. The zero-order valence-corrected chi connectivity index (χ0v) is 9.77. The molecule has 0 bridgehead atoms. The highest BCUT2D eigenvalue weighted by Crippen LogP contribution is 2.20. The molecule has 1 N–H and O–H groups in total. The number of hydrogen-bond donors (Lipinski definition) is 1. The third-order valence-electron chi connectivity index (χ3n) is 2.31. The molecule has 0 saturated heterocycles. The van der Waals surface area contributed by atoms with Gasteiger partial charge in [0.1, 0.15) is 11.3 Å². The molecule has 0 saturated carbocycles. The molecule has 0 heterocycles. The van der Waals surface area contributed by atoms with Gasteiger partial charge >= 0.3 is 5.97 Å². The minimum Gasteiger partial charge on any atom is -0.493 e. The minimum atomic E-state index is -0.985. The van der Waals surface area contributed by atoms with Gasteiger partial charge in [0, 0.05) is 6.42 Å². The highest BCUT2D eigenvalue weighted by molar-refractivity contribution is 5.91. The number of nitrogens with zero attached hydrogens (tertiary/aromatic N) is 1. The summed E-state index contributed by atoms with van der Waals surface area (Å²) >= 11 is 0. The summed E-state index contributed by atoms with van der Waals surface area (Å²) in [5.74, 6) is -0.596. The Hall–Kier alpha value is -2.02. The Labute approximate surface area is 100 Å². The van der Waals surface area contributed by atoms with Crippen LogP contribution in [0.2, 0.25) is 0 Å². The molecular weight excluding hydrogens is 218 g/mol. The van der Waals surface area contributed by atoms with Crippen molar-refractivity contribution in [2.75, 3.05) is 6.61 Å². The van der Waals surface area contributed by atoms with Crippen LogP contribution in [0.5, 0.6) is 5.75 Å². The van der Waals surface area contributed by atoms with Gasteiger partial charge in [0.15, 0.2) is 0 Å². The zero-order chi connectivity index (χ0) is 12.7. The zero-order valence-electron chi connectivity index (χ0n) is 9.77. The lowest BCUT2D eigenvalue weighted by Gasteiger charge is -2.09. The number of aromatic carboxylic acids is 1. The fraction of sp³-hybridized carbons (Fsp3) is 0.385. The third-order valence-corrected chi connectivity index (χ3v) is 2.31. The van der Waals surface area contributed by atoms with Crippen molar-refractivity contribution in [2.45, 2.75) is 26.2 Å². The standard InChI is InChI=1S/C13H15NO3/c1-10-5-6-12(11(9-10)13(15)16)17-8-4-2-3-7-14/h5-6,9H,2-4,8H2,1H3,(H,15,16). The quantitative estimate of drug-likeness (QED) is 0.767. The van der Waals surface area contributed by atoms with Gasteiger partial charge in [-0.05, 0) is 31.9 Å². The van der Waals surface area contributed by atoms with E-state index in [2.05, 4.69) is 6.07 Å². The summed E-state index contributed by atoms with van der Waals surface area (Å²) in [5.41, 5.74) is 1.07. The van der Waals surface area contributed by atoms with Crippen LogP contribution in [0.25, 0.3) is 0 Å². The van der Waals surface area contributed by atoms with Crippen molar-refractivity contribution in [3.05, 3.63) is 29.3 Å². The molecule has 0 aromatic heterocycles. The second kappa shape index (κ2) is 6.54. The molecule has 0 radical (unpaired) electrons. The molecule has 0 spiro atoms. The fourth-order valence-electron chi connectivity index (χ4n) is 1.43. The number of unbranched alkanes of at least 4 members (excludes halogenated alkanes) is 2. The van der Waals surface area contributed by atoms with Crippen LogP contribution in [0, 0.1) is 18.3 Å². The van der Waals surface area contributed by atoms with E-state index in [4.69, 9.17) is 15.1 Å². The molecule has 90 valence electrons. The molecule has 0 unspecified atom stereocenters. The van der Waals surface area contributed by atoms with Crippen LogP contribution in [0.3, 0.4) is 0 Å². The number of nitriles is 1. The van der Waals surface area contributed by atoms with Crippen LogP contribution in [0.1, 0.15) is 35.2 Å². The lowest BCUT2D eigenvalue weighted by molar-refractivity contribution is 0.0692. The SMILES string of the molecule is Cc1ccc(OCCCCC#N)c(C(=O)O)c1. The van der Waals surface area contributed by atoms with Crippen molar-refractivity contribution in [2.24, 2.45) is 0 Å². The summed E-state index contributed by atoms with van der Waals surface area (Å²) in [4.78, 5) is 11.0. The fourth-order valence-corrected chi connectivity index (χ4v) is 1.43. The Kier molecular flexibility index (Phi) is 5.02. The number of aryl methyl sites for hydroxylation is 1. The van der Waals surface area contributed by atoms with Crippen molar-refractivity contribution in [1.29, 1.82) is 5.26 Å². The molecule has 0 amide bonds. The largest absolute Gasteiger partial charge is 0.493 e. The minimum absolute atomic E-state index is 0.185. The van der Waals surface area contributed by atoms with Crippen LogP contribution in [0.4, 0.5) is 0 Å². The molecule has 1 aromatic carbocycles. The number of carboxylic acid groups (broad SMARTS) is 1. The molecule has 1 rings (SSSR count). The van der Waals surface area contributed by atoms with E-state index in [1.807, 2.05) is 13.0 Å². The van der Waals surface area contributed by atoms with E-state index in [0.717, 1.165) is 18.4 Å². The highest BCUT2D eigenvalue weighted by Gasteiger charge is 2.10. The number of carboxylic acids is 1. The average molecular weight is 233 g/mol. The van der Waals surface area contributed by atoms with E-state index in [-0.39, 0.29) is 5.56 Å². The van der Waals surface area contributed by atoms with E-state index in [1.54, 1.807) is 12.1 Å². The first-order valence-corrected chi connectivity index (χ1v) is 5.49. The molecule has 1 aromatic rings. The van der Waals surface area contributed by atoms with E-state index in [1.165, 1.54) is 0 Å². The van der Waals surface area contributed by atoms with Crippen molar-refractivity contribution in [3.8, 4) is 11.8 Å². The van der Waals surface area contributed by atoms with Crippen molar-refractivity contribution in [1.82, 2.24) is 0 Å². The van der Waals surface area contributed by atoms with Crippen molar-refractivity contribution < 1.29 is 14.6 Å². The summed E-state index contributed by atoms with van der Waals surface area (Å²) in [6.45, 7) is 2.27. The predicted octanol–water partition coefficient (Wildman–Crippen LogP) is 2.77. The molecule has 0 aliphatic rings. The first kappa shape index (κ1) is 13.0. The maximum absolute atomic E-state index is 11.0. The van der Waals surface area contributed by atoms with Crippen LogP contribution in [0.15, 0.2) is 18.2 Å². The number of carbonyl (C=O) groups is 1. The first-order chi connectivity index (χ1) is 8.15. The number of hydrogen-bond acceptors (Lipinski definition) is 3. The molecule has 0 aliphatic heterocycles. The highest BCUT2D eigenvalue weighted by atomic mass is 16.5. The first-order valence-electron chi connectivity index (χ1n) is 5.49. The summed E-state index contributed by atoms with van der Waals surface area (Å²) in [5, 5.41) is 17.4. The summed E-state index contributed by atoms with van der Waals surface area (Å²) in [6.07, 6.45) is 2.02. The van der Waals surface area contributed by atoms with Crippen LogP contribution < -0.4 is 4.74 Å². The van der Waals surface area contributed by atoms with E-state index < -0.39 is 5.97 Å². The van der Waals surface area contributed by atoms with Gasteiger partial charge in [0.25, 0.3) is 0 Å². The summed E-state index contributed by atoms with van der Waals surface area (Å²) in [6, 6.07) is 7.13. The van der Waals surface area contributed by atoms with E-state index in [0.29, 0.717) is 18.8 Å². The van der Waals surface area contributed by atoms with Gasteiger partial charge in [-0.3, -0.25) is 0 Å². The normalized spacial score (nSPS) is 9.65. The molecule has 4 heteroatoms. The molecule has 17 heavy (non-hydrogen) atoms. The summed E-state index contributed by atoms with van der Waals surface area (Å²) in [7, 11) is 0. The molecule has 0 aliphatic carbocycles. The lowest BCUT2D eigenvalue weighted by atomic mass is 10.1. The Morgan fingerprint density at radius 2 is 2.24 bits per heavy atom. The molecule has 0 atom stereocenters. The molecule has 0 fully saturated rings. The van der Waals surface area contributed by atoms with Crippen LogP contribution in [-0.4, -0.2) is 17.7 Å². The number of rotatable bonds is 6. The van der Waals surface area contributed by atoms with Gasteiger partial charge in [-0.15, -0.1) is 0 Å². The monoisotopic (exact) mass is 233 g/mol. The van der Waals surface area contributed by atoms with Crippen molar-refractivity contribution in [3.63, 3.8) is 0 Å². The summed E-state index contributed by atoms with van der Waals surface area (Å²) < 4.78 is 5.41. The Morgan fingerprint density at radius 1 is 1.47 bits per heavy atom. The van der Waals surface area contributed by atoms with Crippen molar-refractivity contribution >= 4 is 5.97 Å². The average Bonchev–Trinajstić information content (AvgIpc) is 2.30. The lowest BCUT2D eigenvalue weighted by Crippen LogP contribution is -2.04. The Bertz CT molecular complexity index is 435. The van der Waals surface area contributed by atoms with E-state index in [9.17, 15) is 4.79 Å². The molecular formula is C13H15NO3. The van der Waals surface area contributed by atoms with Crippen LogP contribution in [-0.2, 0) is 0 Å². The van der Waals surface area contributed by atoms with Crippen LogP contribution >= 0.6 is 0 Å². The van der Waals surface area contributed by atoms with Gasteiger partial charge in [0.05, 0.1) is 12.7 Å². The maximum atomic E-state index is 11.0. The second-order valence-corrected chi connectivity index (χ2v) is 3.77. The maximum Gasteiger partial charge on any atom is 0.339 e. The van der Waals surface area contributed by atoms with Gasteiger partial charge < -0.3 is 9.84 Å².